The minimum Gasteiger partial charge on any atom is -0.381 e. The second kappa shape index (κ2) is 6.38. The Morgan fingerprint density at radius 3 is 2.43 bits per heavy atom. The molecule has 0 saturated carbocycles. The molecule has 0 aromatic carbocycles. The highest BCUT2D eigenvalue weighted by Gasteiger charge is 2.26. The molecule has 0 aromatic rings. The van der Waals surface area contributed by atoms with Gasteiger partial charge in [-0.1, -0.05) is 13.8 Å². The fourth-order valence-corrected chi connectivity index (χ4v) is 1.78. The molecule has 0 aliphatic carbocycles. The van der Waals surface area contributed by atoms with Crippen LogP contribution >= 0.6 is 0 Å². The Balaban J connectivity index is 2.03. The average molecular weight is 200 g/mol. The summed E-state index contributed by atoms with van der Waals surface area (Å²) in [5.74, 6) is 0. The molecule has 0 amide bonds. The van der Waals surface area contributed by atoms with Gasteiger partial charge in [-0.25, -0.2) is 0 Å². The molecule has 0 radical (unpaired) electrons. The molecular weight excluding hydrogens is 176 g/mol. The van der Waals surface area contributed by atoms with E-state index < -0.39 is 0 Å². The summed E-state index contributed by atoms with van der Waals surface area (Å²) in [6.07, 6.45) is 2.39. The van der Waals surface area contributed by atoms with Crippen LogP contribution in [-0.4, -0.2) is 39.4 Å². The largest absolute Gasteiger partial charge is 0.381 e. The van der Waals surface area contributed by atoms with Gasteiger partial charge in [-0.2, -0.15) is 0 Å². The van der Waals surface area contributed by atoms with Gasteiger partial charge in [0.05, 0.1) is 0 Å². The molecular formula is C11H24N2O. The van der Waals surface area contributed by atoms with Crippen molar-refractivity contribution in [1.82, 2.24) is 10.6 Å². The summed E-state index contributed by atoms with van der Waals surface area (Å²) >= 11 is 0. The first kappa shape index (κ1) is 12.0. The third-order valence-corrected chi connectivity index (χ3v) is 2.98. The fourth-order valence-electron chi connectivity index (χ4n) is 1.78. The molecule has 0 unspecified atom stereocenters. The van der Waals surface area contributed by atoms with Gasteiger partial charge < -0.3 is 15.4 Å². The lowest BCUT2D eigenvalue weighted by molar-refractivity contribution is 0.0243. The van der Waals surface area contributed by atoms with E-state index in [1.807, 2.05) is 0 Å². The SMILES string of the molecule is CCNCCNCC1(C)CCOCC1. The van der Waals surface area contributed by atoms with Crippen LogP contribution in [0.2, 0.25) is 0 Å². The Hall–Kier alpha value is -0.120. The molecule has 1 aliphatic heterocycles. The van der Waals surface area contributed by atoms with E-state index in [0.29, 0.717) is 5.41 Å². The van der Waals surface area contributed by atoms with Gasteiger partial charge >= 0.3 is 0 Å². The Labute approximate surface area is 87.6 Å². The lowest BCUT2D eigenvalue weighted by atomic mass is 9.82. The van der Waals surface area contributed by atoms with E-state index >= 15 is 0 Å². The Morgan fingerprint density at radius 1 is 1.14 bits per heavy atom. The first-order valence-electron chi connectivity index (χ1n) is 5.76. The topological polar surface area (TPSA) is 33.3 Å². The summed E-state index contributed by atoms with van der Waals surface area (Å²) in [5.41, 5.74) is 0.463. The third-order valence-electron chi connectivity index (χ3n) is 2.98. The minimum atomic E-state index is 0.463. The van der Waals surface area contributed by atoms with E-state index in [2.05, 4.69) is 24.5 Å². The van der Waals surface area contributed by atoms with E-state index in [-0.39, 0.29) is 0 Å². The maximum Gasteiger partial charge on any atom is 0.0471 e. The van der Waals surface area contributed by atoms with Crippen molar-refractivity contribution in [2.45, 2.75) is 26.7 Å². The van der Waals surface area contributed by atoms with Crippen LogP contribution < -0.4 is 10.6 Å². The van der Waals surface area contributed by atoms with E-state index in [0.717, 1.165) is 39.4 Å². The Morgan fingerprint density at radius 2 is 1.79 bits per heavy atom. The lowest BCUT2D eigenvalue weighted by Crippen LogP contribution is -2.39. The van der Waals surface area contributed by atoms with Crippen molar-refractivity contribution in [2.75, 3.05) is 39.4 Å². The molecule has 1 saturated heterocycles. The molecule has 1 heterocycles. The first-order valence-corrected chi connectivity index (χ1v) is 5.76. The maximum absolute atomic E-state index is 5.37. The quantitative estimate of drug-likeness (QED) is 0.628. The Kier molecular flexibility index (Phi) is 5.45. The van der Waals surface area contributed by atoms with Gasteiger partial charge in [-0.3, -0.25) is 0 Å². The van der Waals surface area contributed by atoms with Gasteiger partial charge in [0.2, 0.25) is 0 Å². The number of rotatable bonds is 6. The van der Waals surface area contributed by atoms with Crippen LogP contribution in [0.1, 0.15) is 26.7 Å². The number of likely N-dealkylation sites (N-methyl/N-ethyl adjacent to an activating group) is 1. The second-order valence-electron chi connectivity index (χ2n) is 4.45. The van der Waals surface area contributed by atoms with Crippen LogP contribution in [0.25, 0.3) is 0 Å². The van der Waals surface area contributed by atoms with E-state index in [1.165, 1.54) is 12.8 Å². The van der Waals surface area contributed by atoms with E-state index in [1.54, 1.807) is 0 Å². The third kappa shape index (κ3) is 4.40. The number of hydrogen-bond donors (Lipinski definition) is 2. The molecule has 14 heavy (non-hydrogen) atoms. The van der Waals surface area contributed by atoms with Crippen molar-refractivity contribution < 1.29 is 4.74 Å². The van der Waals surface area contributed by atoms with Crippen LogP contribution in [0.15, 0.2) is 0 Å². The molecule has 3 nitrogen and oxygen atoms in total. The van der Waals surface area contributed by atoms with Crippen molar-refractivity contribution in [2.24, 2.45) is 5.41 Å². The van der Waals surface area contributed by atoms with Crippen LogP contribution in [0.4, 0.5) is 0 Å². The van der Waals surface area contributed by atoms with Gasteiger partial charge in [0.1, 0.15) is 0 Å². The molecule has 3 heteroatoms. The van der Waals surface area contributed by atoms with E-state index in [4.69, 9.17) is 4.74 Å². The van der Waals surface area contributed by atoms with Crippen LogP contribution in [0.5, 0.6) is 0 Å². The molecule has 1 rings (SSSR count). The Bertz CT molecular complexity index is 144. The highest BCUT2D eigenvalue weighted by molar-refractivity contribution is 4.79. The number of hydrogen-bond acceptors (Lipinski definition) is 3. The fraction of sp³-hybridized carbons (Fsp3) is 1.00. The van der Waals surface area contributed by atoms with Crippen molar-refractivity contribution in [3.63, 3.8) is 0 Å². The molecule has 1 fully saturated rings. The molecule has 0 bridgehead atoms. The zero-order valence-corrected chi connectivity index (χ0v) is 9.57. The molecule has 1 aliphatic rings. The van der Waals surface area contributed by atoms with E-state index in [9.17, 15) is 0 Å². The normalized spacial score (nSPS) is 21.0. The molecule has 0 aromatic heterocycles. The molecule has 84 valence electrons. The van der Waals surface area contributed by atoms with Gasteiger partial charge in [-0.05, 0) is 24.8 Å². The summed E-state index contributed by atoms with van der Waals surface area (Å²) in [6.45, 7) is 10.7. The average Bonchev–Trinajstić information content (AvgIpc) is 2.18. The zero-order valence-electron chi connectivity index (χ0n) is 9.57. The molecule has 0 atom stereocenters. The monoisotopic (exact) mass is 200 g/mol. The number of nitrogens with one attached hydrogen (secondary N) is 2. The summed E-state index contributed by atoms with van der Waals surface area (Å²) in [6, 6.07) is 0. The summed E-state index contributed by atoms with van der Waals surface area (Å²) in [4.78, 5) is 0. The van der Waals surface area contributed by atoms with Crippen molar-refractivity contribution >= 4 is 0 Å². The predicted octanol–water partition coefficient (Wildman–Crippen LogP) is 1.00. The molecule has 2 N–H and O–H groups in total. The van der Waals surface area contributed by atoms with Crippen LogP contribution in [0, 0.1) is 5.41 Å². The summed E-state index contributed by atoms with van der Waals surface area (Å²) < 4.78 is 5.37. The van der Waals surface area contributed by atoms with Gasteiger partial charge in [0.25, 0.3) is 0 Å². The van der Waals surface area contributed by atoms with Crippen LogP contribution in [0.3, 0.4) is 0 Å². The van der Waals surface area contributed by atoms with Gasteiger partial charge in [0.15, 0.2) is 0 Å². The van der Waals surface area contributed by atoms with Gasteiger partial charge in [0, 0.05) is 32.8 Å². The first-order chi connectivity index (χ1) is 6.77. The highest BCUT2D eigenvalue weighted by Crippen LogP contribution is 2.28. The lowest BCUT2D eigenvalue weighted by Gasteiger charge is -2.33. The minimum absolute atomic E-state index is 0.463. The predicted molar refractivity (Wildman–Crippen MR) is 59.6 cm³/mol. The maximum atomic E-state index is 5.37. The highest BCUT2D eigenvalue weighted by atomic mass is 16.5. The van der Waals surface area contributed by atoms with Crippen molar-refractivity contribution in [1.29, 1.82) is 0 Å². The number of ether oxygens (including phenoxy) is 1. The van der Waals surface area contributed by atoms with Crippen molar-refractivity contribution in [3.05, 3.63) is 0 Å². The zero-order chi connectivity index (χ0) is 10.3. The smallest absolute Gasteiger partial charge is 0.0471 e. The standard InChI is InChI=1S/C11H24N2O/c1-3-12-6-7-13-10-11(2)4-8-14-9-5-11/h12-13H,3-10H2,1-2H3. The second-order valence-corrected chi connectivity index (χ2v) is 4.45. The summed E-state index contributed by atoms with van der Waals surface area (Å²) in [7, 11) is 0. The van der Waals surface area contributed by atoms with Crippen LogP contribution in [-0.2, 0) is 4.74 Å². The van der Waals surface area contributed by atoms with Crippen molar-refractivity contribution in [3.8, 4) is 0 Å². The summed E-state index contributed by atoms with van der Waals surface area (Å²) in [5, 5.41) is 6.82. The molecule has 0 spiro atoms. The van der Waals surface area contributed by atoms with Gasteiger partial charge in [-0.15, -0.1) is 0 Å².